The van der Waals surface area contributed by atoms with Gasteiger partial charge in [-0.25, -0.2) is 0 Å². The van der Waals surface area contributed by atoms with Gasteiger partial charge < -0.3 is 4.74 Å². The Morgan fingerprint density at radius 3 is 2.47 bits per heavy atom. The Hall–Kier alpha value is -0.530. The number of ether oxygens (including phenoxy) is 1. The third-order valence-electron chi connectivity index (χ3n) is 2.42. The first-order valence-electron chi connectivity index (χ1n) is 6.32. The van der Waals surface area contributed by atoms with Gasteiger partial charge in [-0.15, -0.1) is 0 Å². The Bertz CT molecular complexity index is 153. The summed E-state index contributed by atoms with van der Waals surface area (Å²) < 4.78 is 5.13. The van der Waals surface area contributed by atoms with Gasteiger partial charge >= 0.3 is 5.97 Å². The van der Waals surface area contributed by atoms with E-state index in [1.54, 1.807) is 0 Å². The summed E-state index contributed by atoms with van der Waals surface area (Å²) in [5.74, 6) is 0.683. The largest absolute Gasteiger partial charge is 0.466 e. The molecule has 15 heavy (non-hydrogen) atoms. The Labute approximate surface area is 94.4 Å². The van der Waals surface area contributed by atoms with Crippen LogP contribution in [0.1, 0.15) is 65.7 Å². The molecular weight excluding hydrogens is 188 g/mol. The molecule has 0 aromatic carbocycles. The molecule has 2 nitrogen and oxygen atoms in total. The highest BCUT2D eigenvalue weighted by atomic mass is 16.5. The van der Waals surface area contributed by atoms with Crippen molar-refractivity contribution in [2.75, 3.05) is 6.61 Å². The Morgan fingerprint density at radius 1 is 1.13 bits per heavy atom. The summed E-state index contributed by atoms with van der Waals surface area (Å²) in [6.45, 7) is 7.15. The van der Waals surface area contributed by atoms with Crippen molar-refractivity contribution in [1.29, 1.82) is 0 Å². The summed E-state index contributed by atoms with van der Waals surface area (Å²) in [5, 5.41) is 0. The molecule has 0 rings (SSSR count). The van der Waals surface area contributed by atoms with Crippen LogP contribution in [0.2, 0.25) is 0 Å². The van der Waals surface area contributed by atoms with Crippen LogP contribution >= 0.6 is 0 Å². The van der Waals surface area contributed by atoms with E-state index in [1.807, 2.05) is 0 Å². The SMILES string of the molecule is CCCCCCC(=O)OCCCC(C)C. The third-order valence-corrected chi connectivity index (χ3v) is 2.42. The van der Waals surface area contributed by atoms with E-state index in [-0.39, 0.29) is 5.97 Å². The van der Waals surface area contributed by atoms with Crippen LogP contribution in [0, 0.1) is 5.92 Å². The van der Waals surface area contributed by atoms with Crippen LogP contribution in [-0.2, 0) is 9.53 Å². The molecule has 0 fully saturated rings. The molecule has 0 aliphatic heterocycles. The topological polar surface area (TPSA) is 26.3 Å². The maximum atomic E-state index is 11.2. The van der Waals surface area contributed by atoms with Gasteiger partial charge in [0.1, 0.15) is 0 Å². The zero-order valence-electron chi connectivity index (χ0n) is 10.6. The van der Waals surface area contributed by atoms with Crippen LogP contribution in [0.3, 0.4) is 0 Å². The fourth-order valence-electron chi connectivity index (χ4n) is 1.45. The molecule has 0 atom stereocenters. The van der Waals surface area contributed by atoms with E-state index in [0.29, 0.717) is 18.9 Å². The minimum atomic E-state index is -0.0186. The smallest absolute Gasteiger partial charge is 0.305 e. The minimum absolute atomic E-state index is 0.0186. The summed E-state index contributed by atoms with van der Waals surface area (Å²) in [6, 6.07) is 0. The van der Waals surface area contributed by atoms with Crippen molar-refractivity contribution in [3.63, 3.8) is 0 Å². The van der Waals surface area contributed by atoms with E-state index >= 15 is 0 Å². The number of esters is 1. The quantitative estimate of drug-likeness (QED) is 0.429. The second kappa shape index (κ2) is 10.0. The molecule has 0 aliphatic carbocycles. The molecule has 2 heteroatoms. The van der Waals surface area contributed by atoms with Crippen molar-refractivity contribution in [3.8, 4) is 0 Å². The molecule has 0 amide bonds. The zero-order chi connectivity index (χ0) is 11.5. The van der Waals surface area contributed by atoms with E-state index in [0.717, 1.165) is 25.7 Å². The molecule has 0 heterocycles. The lowest BCUT2D eigenvalue weighted by Crippen LogP contribution is -2.06. The number of carbonyl (C=O) groups excluding carboxylic acids is 1. The lowest BCUT2D eigenvalue weighted by molar-refractivity contribution is -0.143. The van der Waals surface area contributed by atoms with Crippen molar-refractivity contribution >= 4 is 5.97 Å². The fourth-order valence-corrected chi connectivity index (χ4v) is 1.45. The van der Waals surface area contributed by atoms with Gasteiger partial charge in [-0.1, -0.05) is 40.0 Å². The average Bonchev–Trinajstić information content (AvgIpc) is 2.19. The summed E-state index contributed by atoms with van der Waals surface area (Å²) >= 11 is 0. The van der Waals surface area contributed by atoms with Crippen molar-refractivity contribution in [2.45, 2.75) is 65.7 Å². The van der Waals surface area contributed by atoms with Crippen molar-refractivity contribution < 1.29 is 9.53 Å². The van der Waals surface area contributed by atoms with Gasteiger partial charge in [0.05, 0.1) is 6.61 Å². The molecule has 0 unspecified atom stereocenters. The van der Waals surface area contributed by atoms with E-state index in [9.17, 15) is 4.79 Å². The standard InChI is InChI=1S/C13H26O2/c1-4-5-6-7-10-13(14)15-11-8-9-12(2)3/h12H,4-11H2,1-3H3. The maximum absolute atomic E-state index is 11.2. The first-order valence-corrected chi connectivity index (χ1v) is 6.32. The number of hydrogen-bond acceptors (Lipinski definition) is 2. The van der Waals surface area contributed by atoms with Crippen LogP contribution in [-0.4, -0.2) is 12.6 Å². The van der Waals surface area contributed by atoms with Gasteiger partial charge in [-0.3, -0.25) is 4.79 Å². The second-order valence-electron chi connectivity index (χ2n) is 4.57. The molecule has 0 radical (unpaired) electrons. The highest BCUT2D eigenvalue weighted by molar-refractivity contribution is 5.69. The van der Waals surface area contributed by atoms with E-state index in [2.05, 4.69) is 20.8 Å². The van der Waals surface area contributed by atoms with Gasteiger partial charge in [0.25, 0.3) is 0 Å². The van der Waals surface area contributed by atoms with Gasteiger partial charge in [0.2, 0.25) is 0 Å². The summed E-state index contributed by atoms with van der Waals surface area (Å²) in [7, 11) is 0. The van der Waals surface area contributed by atoms with Gasteiger partial charge in [0.15, 0.2) is 0 Å². The Kier molecular flexibility index (Phi) is 9.65. The number of unbranched alkanes of at least 4 members (excludes halogenated alkanes) is 3. The maximum Gasteiger partial charge on any atom is 0.305 e. The first-order chi connectivity index (χ1) is 7.16. The highest BCUT2D eigenvalue weighted by Gasteiger charge is 2.02. The molecule has 0 spiro atoms. The van der Waals surface area contributed by atoms with Crippen molar-refractivity contribution in [1.82, 2.24) is 0 Å². The van der Waals surface area contributed by atoms with Crippen LogP contribution in [0.15, 0.2) is 0 Å². The molecule has 90 valence electrons. The highest BCUT2D eigenvalue weighted by Crippen LogP contribution is 2.06. The molecule has 0 aliphatic rings. The lowest BCUT2D eigenvalue weighted by atomic mass is 10.1. The van der Waals surface area contributed by atoms with Crippen LogP contribution in [0.4, 0.5) is 0 Å². The van der Waals surface area contributed by atoms with Gasteiger partial charge in [0, 0.05) is 6.42 Å². The molecule has 0 aromatic rings. The van der Waals surface area contributed by atoms with Crippen molar-refractivity contribution in [3.05, 3.63) is 0 Å². The number of rotatable bonds is 9. The van der Waals surface area contributed by atoms with Crippen molar-refractivity contribution in [2.24, 2.45) is 5.92 Å². The predicted octanol–water partition coefficient (Wildman–Crippen LogP) is 3.94. The van der Waals surface area contributed by atoms with Crippen LogP contribution in [0.5, 0.6) is 0 Å². The molecular formula is C13H26O2. The minimum Gasteiger partial charge on any atom is -0.466 e. The molecule has 0 aromatic heterocycles. The number of carbonyl (C=O) groups is 1. The van der Waals surface area contributed by atoms with E-state index in [4.69, 9.17) is 4.74 Å². The van der Waals surface area contributed by atoms with Crippen LogP contribution in [0.25, 0.3) is 0 Å². The summed E-state index contributed by atoms with van der Waals surface area (Å²) in [5.41, 5.74) is 0. The molecule has 0 saturated carbocycles. The zero-order valence-corrected chi connectivity index (χ0v) is 10.6. The molecule has 0 bridgehead atoms. The first kappa shape index (κ1) is 14.5. The summed E-state index contributed by atoms with van der Waals surface area (Å²) in [6.07, 6.45) is 7.31. The van der Waals surface area contributed by atoms with Gasteiger partial charge in [-0.2, -0.15) is 0 Å². The lowest BCUT2D eigenvalue weighted by Gasteiger charge is -2.06. The van der Waals surface area contributed by atoms with E-state index in [1.165, 1.54) is 12.8 Å². The average molecular weight is 214 g/mol. The third kappa shape index (κ3) is 11.4. The Balaban J connectivity index is 3.19. The number of hydrogen-bond donors (Lipinski definition) is 0. The van der Waals surface area contributed by atoms with E-state index < -0.39 is 0 Å². The monoisotopic (exact) mass is 214 g/mol. The normalized spacial score (nSPS) is 10.7. The molecule has 0 saturated heterocycles. The second-order valence-corrected chi connectivity index (χ2v) is 4.57. The fraction of sp³-hybridized carbons (Fsp3) is 0.923. The van der Waals surface area contributed by atoms with Gasteiger partial charge in [-0.05, 0) is 25.2 Å². The predicted molar refractivity (Wildman–Crippen MR) is 63.8 cm³/mol. The Morgan fingerprint density at radius 2 is 1.87 bits per heavy atom. The summed E-state index contributed by atoms with van der Waals surface area (Å²) in [4.78, 5) is 11.2. The van der Waals surface area contributed by atoms with Crippen LogP contribution < -0.4 is 0 Å². The molecule has 0 N–H and O–H groups in total.